The molecule has 0 unspecified atom stereocenters. The van der Waals surface area contributed by atoms with E-state index >= 15 is 0 Å². The highest BCUT2D eigenvalue weighted by Gasteiger charge is 2.26. The fourth-order valence-electron chi connectivity index (χ4n) is 4.32. The number of nitrogens with zero attached hydrogens (tertiary/aromatic N) is 2. The predicted molar refractivity (Wildman–Crippen MR) is 147 cm³/mol. The molecule has 0 amide bonds. The number of aromatic nitrogens is 2. The summed E-state index contributed by atoms with van der Waals surface area (Å²) in [6.45, 7) is 0.449. The summed E-state index contributed by atoms with van der Waals surface area (Å²) >= 11 is 6.89. The highest BCUT2D eigenvalue weighted by atomic mass is 79.9. The Kier molecular flexibility index (Phi) is 7.35. The number of aryl methyl sites for hydroxylation is 1. The average molecular weight is 641 g/mol. The van der Waals surface area contributed by atoms with Crippen LogP contribution in [-0.4, -0.2) is 26.9 Å². The molecule has 192 valence electrons. The zero-order chi connectivity index (χ0) is 26.8. The minimum atomic E-state index is -0.611. The van der Waals surface area contributed by atoms with E-state index in [9.17, 15) is 19.8 Å². The zero-order valence-corrected chi connectivity index (χ0v) is 23.0. The van der Waals surface area contributed by atoms with Gasteiger partial charge in [0.05, 0.1) is 31.7 Å². The predicted octanol–water partition coefficient (Wildman–Crippen LogP) is 5.67. The monoisotopic (exact) mass is 639 g/mol. The molecule has 5 aromatic rings. The smallest absolute Gasteiger partial charge is 0.345 e. The van der Waals surface area contributed by atoms with Crippen molar-refractivity contribution in [1.29, 1.82) is 0 Å². The van der Waals surface area contributed by atoms with Gasteiger partial charge in [0.2, 0.25) is 22.8 Å². The number of ether oxygens (including phenoxy) is 1. The van der Waals surface area contributed by atoms with Crippen LogP contribution >= 0.6 is 31.9 Å². The van der Waals surface area contributed by atoms with Crippen molar-refractivity contribution in [3.8, 4) is 17.5 Å². The summed E-state index contributed by atoms with van der Waals surface area (Å²) in [5.41, 5.74) is 2.05. The molecule has 0 fully saturated rings. The second kappa shape index (κ2) is 10.8. The Morgan fingerprint density at radius 2 is 1.34 bits per heavy atom. The van der Waals surface area contributed by atoms with E-state index in [1.807, 2.05) is 59.2 Å². The van der Waals surface area contributed by atoms with E-state index in [4.69, 9.17) is 9.57 Å². The molecular formula is C28H21Br2N2O6+. The minimum Gasteiger partial charge on any atom is -0.492 e. The average Bonchev–Trinajstić information content (AvgIpc) is 3.22. The van der Waals surface area contributed by atoms with Crippen LogP contribution in [0.2, 0.25) is 0 Å². The molecule has 2 heterocycles. The number of esters is 1. The van der Waals surface area contributed by atoms with Crippen molar-refractivity contribution in [1.82, 2.24) is 4.73 Å². The third-order valence-electron chi connectivity index (χ3n) is 6.00. The molecule has 2 N–H and O–H groups in total. The van der Waals surface area contributed by atoms with Crippen molar-refractivity contribution in [2.24, 2.45) is 0 Å². The Bertz CT molecular complexity index is 1600. The normalized spacial score (nSPS) is 11.1. The Balaban J connectivity index is 1.48. The molecule has 5 rings (SSSR count). The van der Waals surface area contributed by atoms with Crippen molar-refractivity contribution in [2.45, 2.75) is 19.4 Å². The van der Waals surface area contributed by atoms with Crippen LogP contribution in [0.5, 0.6) is 17.5 Å². The van der Waals surface area contributed by atoms with E-state index in [0.717, 1.165) is 11.0 Å². The molecular weight excluding hydrogens is 620 g/mol. The lowest BCUT2D eigenvalue weighted by Gasteiger charge is -2.13. The van der Waals surface area contributed by atoms with Gasteiger partial charge in [0.15, 0.2) is 5.75 Å². The summed E-state index contributed by atoms with van der Waals surface area (Å²) in [5.74, 6) is -1.47. The second-order valence-electron chi connectivity index (χ2n) is 8.41. The van der Waals surface area contributed by atoms with E-state index in [2.05, 4.69) is 31.9 Å². The lowest BCUT2D eigenvalue weighted by molar-refractivity contribution is -0.645. The van der Waals surface area contributed by atoms with Gasteiger partial charge in [-0.2, -0.15) is 4.57 Å². The number of hydrogen-bond donors (Lipinski definition) is 2. The van der Waals surface area contributed by atoms with Crippen molar-refractivity contribution in [3.63, 3.8) is 0 Å². The van der Waals surface area contributed by atoms with E-state index in [-0.39, 0.29) is 18.2 Å². The van der Waals surface area contributed by atoms with Crippen LogP contribution in [0.15, 0.2) is 87.8 Å². The van der Waals surface area contributed by atoms with Gasteiger partial charge in [-0.05, 0) is 56.1 Å². The van der Waals surface area contributed by atoms with Crippen molar-refractivity contribution >= 4 is 65.6 Å². The number of pyridine rings is 1. The molecule has 0 radical (unpaired) electrons. The number of benzene rings is 3. The molecule has 38 heavy (non-hydrogen) atoms. The van der Waals surface area contributed by atoms with E-state index in [1.54, 1.807) is 12.1 Å². The molecule has 0 aliphatic heterocycles. The number of carbonyl (C=O) groups is 2. The summed E-state index contributed by atoms with van der Waals surface area (Å²) in [6, 6.07) is 22.9. The van der Waals surface area contributed by atoms with E-state index in [0.29, 0.717) is 48.7 Å². The first kappa shape index (κ1) is 25.7. The minimum absolute atomic E-state index is 0.0343. The first-order chi connectivity index (χ1) is 18.3. The number of fused-ring (bicyclic) bond motifs is 2. The summed E-state index contributed by atoms with van der Waals surface area (Å²) in [4.78, 5) is 31.0. The third-order valence-corrected chi connectivity index (χ3v) is 7.25. The molecule has 0 spiro atoms. The fourth-order valence-corrected chi connectivity index (χ4v) is 5.48. The summed E-state index contributed by atoms with van der Waals surface area (Å²) < 4.78 is 9.87. The molecule has 0 saturated carbocycles. The Morgan fingerprint density at radius 3 is 1.92 bits per heavy atom. The zero-order valence-electron chi connectivity index (χ0n) is 19.8. The second-order valence-corrected chi connectivity index (χ2v) is 10.1. The van der Waals surface area contributed by atoms with Crippen LogP contribution in [0, 0.1) is 0 Å². The Labute approximate surface area is 233 Å². The maximum Gasteiger partial charge on any atom is 0.345 e. The van der Waals surface area contributed by atoms with Gasteiger partial charge in [-0.1, -0.05) is 30.3 Å². The molecule has 3 aromatic carbocycles. The van der Waals surface area contributed by atoms with Gasteiger partial charge < -0.3 is 19.8 Å². The van der Waals surface area contributed by atoms with Gasteiger partial charge in [0.1, 0.15) is 6.54 Å². The van der Waals surface area contributed by atoms with Crippen molar-refractivity contribution in [3.05, 3.63) is 93.4 Å². The van der Waals surface area contributed by atoms with Gasteiger partial charge in [0.25, 0.3) is 0 Å². The maximum absolute atomic E-state index is 13.6. The number of rotatable bonds is 7. The van der Waals surface area contributed by atoms with Crippen molar-refractivity contribution < 1.29 is 33.9 Å². The lowest BCUT2D eigenvalue weighted by Crippen LogP contribution is -2.37. The third kappa shape index (κ3) is 4.97. The van der Waals surface area contributed by atoms with Gasteiger partial charge in [-0.25, -0.2) is 9.59 Å². The number of hydrogen-bond acceptors (Lipinski definition) is 6. The van der Waals surface area contributed by atoms with Crippen LogP contribution in [0.3, 0.4) is 0 Å². The number of para-hydroxylation sites is 3. The highest BCUT2D eigenvalue weighted by Crippen LogP contribution is 2.35. The van der Waals surface area contributed by atoms with Gasteiger partial charge in [0, 0.05) is 30.7 Å². The molecule has 10 heteroatoms. The number of aromatic hydroxyl groups is 2. The SMILES string of the molecule is O=C(CCC[n+]1c2ccccc2c(C(=O)Oc2c(Br)cccc2Br)c2ccccc21)On1c(O)ccc1O. The topological polar surface area (TPSA) is 102 Å². The van der Waals surface area contributed by atoms with E-state index < -0.39 is 11.9 Å². The van der Waals surface area contributed by atoms with Crippen LogP contribution < -0.4 is 14.1 Å². The summed E-state index contributed by atoms with van der Waals surface area (Å²) in [6.07, 6.45) is 0.445. The largest absolute Gasteiger partial charge is 0.492 e. The highest BCUT2D eigenvalue weighted by molar-refractivity contribution is 9.11. The van der Waals surface area contributed by atoms with E-state index in [1.165, 1.54) is 12.1 Å². The van der Waals surface area contributed by atoms with Gasteiger partial charge >= 0.3 is 11.9 Å². The van der Waals surface area contributed by atoms with Crippen LogP contribution in [0.1, 0.15) is 23.2 Å². The maximum atomic E-state index is 13.6. The molecule has 0 bridgehead atoms. The Hall–Kier alpha value is -3.89. The number of halogens is 2. The van der Waals surface area contributed by atoms with Crippen molar-refractivity contribution in [2.75, 3.05) is 0 Å². The quantitative estimate of drug-likeness (QED) is 0.103. The lowest BCUT2D eigenvalue weighted by atomic mass is 10.0. The standard InChI is InChI=1S/C28H20Br2N2O6/c29-19-9-5-10-20(30)27(19)37-28(36)26-17-7-1-3-11-21(17)31(22-12-4-2-8-18(22)26)16-6-13-25(35)38-32-23(33)14-15-24(32)34/h1-5,7-12,14-15,36H,6,13,16H2/p+1. The first-order valence-corrected chi connectivity index (χ1v) is 13.2. The summed E-state index contributed by atoms with van der Waals surface area (Å²) in [5, 5.41) is 20.8. The molecule has 0 saturated heterocycles. The molecule has 0 aliphatic rings. The molecule has 8 nitrogen and oxygen atoms in total. The van der Waals surface area contributed by atoms with Crippen LogP contribution in [0.25, 0.3) is 21.8 Å². The van der Waals surface area contributed by atoms with Crippen LogP contribution in [0.4, 0.5) is 0 Å². The number of carbonyl (C=O) groups excluding carboxylic acids is 2. The fraction of sp³-hybridized carbons (Fsp3) is 0.107. The van der Waals surface area contributed by atoms with Crippen LogP contribution in [-0.2, 0) is 11.3 Å². The van der Waals surface area contributed by atoms with Gasteiger partial charge in [-0.15, -0.1) is 4.73 Å². The molecule has 0 atom stereocenters. The summed E-state index contributed by atoms with van der Waals surface area (Å²) in [7, 11) is 0. The molecule has 2 aromatic heterocycles. The van der Waals surface area contributed by atoms with Gasteiger partial charge in [-0.3, -0.25) is 0 Å². The Morgan fingerprint density at radius 1 is 0.789 bits per heavy atom. The first-order valence-electron chi connectivity index (χ1n) is 11.7. The molecule has 0 aliphatic carbocycles.